The molecule has 1 fully saturated rings. The van der Waals surface area contributed by atoms with Crippen LogP contribution in [0.2, 0.25) is 0 Å². The second-order valence-electron chi connectivity index (χ2n) is 4.79. The molecule has 1 saturated heterocycles. The highest BCUT2D eigenvalue weighted by atomic mass is 16.3. The second-order valence-corrected chi connectivity index (χ2v) is 4.79. The van der Waals surface area contributed by atoms with Crippen LogP contribution >= 0.6 is 0 Å². The molecule has 0 radical (unpaired) electrons. The number of likely N-dealkylation sites (N-methyl/N-ethyl adjacent to an activating group) is 1. The van der Waals surface area contributed by atoms with Crippen molar-refractivity contribution in [3.8, 4) is 0 Å². The number of hydrazine groups is 1. The predicted octanol–water partition coefficient (Wildman–Crippen LogP) is -0.102. The summed E-state index contributed by atoms with van der Waals surface area (Å²) < 4.78 is 0. The summed E-state index contributed by atoms with van der Waals surface area (Å²) in [5.41, 5.74) is 2.67. The summed E-state index contributed by atoms with van der Waals surface area (Å²) in [5, 5.41) is 12.0. The third kappa shape index (κ3) is 3.53. The number of aliphatic hydroxyl groups is 1. The zero-order chi connectivity index (χ0) is 10.8. The topological polar surface area (TPSA) is 38.7 Å². The monoisotopic (exact) mass is 201 g/mol. The maximum absolute atomic E-state index is 9.77. The minimum Gasteiger partial charge on any atom is -0.389 e. The Morgan fingerprint density at radius 2 is 1.71 bits per heavy atom. The number of hydrogen-bond acceptors (Lipinski definition) is 4. The van der Waals surface area contributed by atoms with Gasteiger partial charge in [-0.2, -0.15) is 0 Å². The maximum atomic E-state index is 9.77. The molecule has 84 valence electrons. The lowest BCUT2D eigenvalue weighted by Gasteiger charge is -2.37. The lowest BCUT2D eigenvalue weighted by molar-refractivity contribution is -0.00424. The van der Waals surface area contributed by atoms with Gasteiger partial charge in [-0.05, 0) is 27.8 Å². The molecular formula is C10H23N3O. The van der Waals surface area contributed by atoms with E-state index in [1.165, 1.54) is 0 Å². The van der Waals surface area contributed by atoms with Crippen LogP contribution in [0.5, 0.6) is 0 Å². The summed E-state index contributed by atoms with van der Waals surface area (Å²) in [6, 6.07) is 0.0888. The molecule has 4 nitrogen and oxygen atoms in total. The van der Waals surface area contributed by atoms with E-state index in [1.54, 1.807) is 0 Å². The summed E-state index contributed by atoms with van der Waals surface area (Å²) in [6.45, 7) is 9.91. The van der Waals surface area contributed by atoms with Gasteiger partial charge >= 0.3 is 0 Å². The third-order valence-electron chi connectivity index (χ3n) is 2.94. The summed E-state index contributed by atoms with van der Waals surface area (Å²) in [4.78, 5) is 2.31. The Morgan fingerprint density at radius 1 is 1.21 bits per heavy atom. The Kier molecular flexibility index (Phi) is 3.89. The van der Waals surface area contributed by atoms with E-state index < -0.39 is 5.60 Å². The fraction of sp³-hybridized carbons (Fsp3) is 1.00. The molecule has 0 aliphatic carbocycles. The van der Waals surface area contributed by atoms with E-state index in [0.717, 1.165) is 26.2 Å². The normalized spacial score (nSPS) is 23.8. The van der Waals surface area contributed by atoms with Crippen molar-refractivity contribution >= 4 is 0 Å². The minimum atomic E-state index is -0.663. The molecule has 1 aliphatic rings. The SMILES string of the molecule is CC(NN1CCN(C)CC1)C(C)(C)O. The largest absolute Gasteiger partial charge is 0.389 e. The van der Waals surface area contributed by atoms with Crippen LogP contribution in [0.15, 0.2) is 0 Å². The highest BCUT2D eigenvalue weighted by Crippen LogP contribution is 2.08. The zero-order valence-corrected chi connectivity index (χ0v) is 9.75. The van der Waals surface area contributed by atoms with Crippen molar-refractivity contribution in [2.24, 2.45) is 0 Å². The smallest absolute Gasteiger partial charge is 0.0754 e. The van der Waals surface area contributed by atoms with Gasteiger partial charge in [0.2, 0.25) is 0 Å². The Morgan fingerprint density at radius 3 is 2.14 bits per heavy atom. The van der Waals surface area contributed by atoms with Gasteiger partial charge in [-0.25, -0.2) is 10.4 Å². The first kappa shape index (κ1) is 11.9. The molecule has 1 aliphatic heterocycles. The number of nitrogens with one attached hydrogen (secondary N) is 1. The van der Waals surface area contributed by atoms with Gasteiger partial charge in [0.05, 0.1) is 5.60 Å². The molecule has 1 atom stereocenters. The number of rotatable bonds is 3. The molecule has 14 heavy (non-hydrogen) atoms. The van der Waals surface area contributed by atoms with E-state index in [0.29, 0.717) is 0 Å². The van der Waals surface area contributed by atoms with Crippen molar-refractivity contribution in [3.05, 3.63) is 0 Å². The molecule has 0 spiro atoms. The van der Waals surface area contributed by atoms with Crippen LogP contribution in [-0.4, -0.2) is 59.9 Å². The van der Waals surface area contributed by atoms with Crippen LogP contribution < -0.4 is 5.43 Å². The molecule has 0 amide bonds. The van der Waals surface area contributed by atoms with Crippen molar-refractivity contribution in [1.82, 2.24) is 15.3 Å². The molecule has 2 N–H and O–H groups in total. The molecular weight excluding hydrogens is 178 g/mol. The molecule has 0 aromatic heterocycles. The zero-order valence-electron chi connectivity index (χ0n) is 9.75. The van der Waals surface area contributed by atoms with Crippen molar-refractivity contribution in [2.75, 3.05) is 33.2 Å². The number of piperazine rings is 1. The molecule has 0 saturated carbocycles. The lowest BCUT2D eigenvalue weighted by atomic mass is 10.0. The Balaban J connectivity index is 2.31. The third-order valence-corrected chi connectivity index (χ3v) is 2.94. The van der Waals surface area contributed by atoms with Gasteiger partial charge in [0.1, 0.15) is 0 Å². The van der Waals surface area contributed by atoms with Crippen molar-refractivity contribution in [2.45, 2.75) is 32.4 Å². The molecule has 4 heteroatoms. The molecule has 0 aromatic rings. The predicted molar refractivity (Wildman–Crippen MR) is 58.0 cm³/mol. The van der Waals surface area contributed by atoms with Gasteiger partial charge in [0.25, 0.3) is 0 Å². The van der Waals surface area contributed by atoms with Crippen LogP contribution in [-0.2, 0) is 0 Å². The molecule has 1 rings (SSSR count). The van der Waals surface area contributed by atoms with E-state index in [4.69, 9.17) is 0 Å². The first-order valence-electron chi connectivity index (χ1n) is 5.31. The molecule has 1 heterocycles. The minimum absolute atomic E-state index is 0.0888. The Bertz CT molecular complexity index is 171. The fourth-order valence-electron chi connectivity index (χ4n) is 1.37. The van der Waals surface area contributed by atoms with Crippen LogP contribution in [0, 0.1) is 0 Å². The van der Waals surface area contributed by atoms with E-state index in [9.17, 15) is 5.11 Å². The van der Waals surface area contributed by atoms with E-state index in [1.807, 2.05) is 20.8 Å². The van der Waals surface area contributed by atoms with Gasteiger partial charge in [-0.3, -0.25) is 0 Å². The van der Waals surface area contributed by atoms with Gasteiger partial charge in [0.15, 0.2) is 0 Å². The van der Waals surface area contributed by atoms with Crippen LogP contribution in [0.1, 0.15) is 20.8 Å². The summed E-state index contributed by atoms with van der Waals surface area (Å²) in [6.07, 6.45) is 0. The van der Waals surface area contributed by atoms with Crippen LogP contribution in [0.4, 0.5) is 0 Å². The van der Waals surface area contributed by atoms with Crippen LogP contribution in [0.3, 0.4) is 0 Å². The average Bonchev–Trinajstić information content (AvgIpc) is 2.07. The van der Waals surface area contributed by atoms with E-state index in [2.05, 4.69) is 22.4 Å². The highest BCUT2D eigenvalue weighted by Gasteiger charge is 2.25. The summed E-state index contributed by atoms with van der Waals surface area (Å²) in [5.74, 6) is 0. The van der Waals surface area contributed by atoms with Gasteiger partial charge in [-0.1, -0.05) is 0 Å². The number of nitrogens with zero attached hydrogens (tertiary/aromatic N) is 2. The fourth-order valence-corrected chi connectivity index (χ4v) is 1.37. The Hall–Kier alpha value is -0.160. The summed E-state index contributed by atoms with van der Waals surface area (Å²) >= 11 is 0. The molecule has 0 aromatic carbocycles. The second kappa shape index (κ2) is 4.57. The van der Waals surface area contributed by atoms with Gasteiger partial charge in [-0.15, -0.1) is 0 Å². The van der Waals surface area contributed by atoms with Gasteiger partial charge < -0.3 is 10.0 Å². The van der Waals surface area contributed by atoms with E-state index >= 15 is 0 Å². The lowest BCUT2D eigenvalue weighted by Crippen LogP contribution is -2.57. The highest BCUT2D eigenvalue weighted by molar-refractivity contribution is 4.79. The molecule has 1 unspecified atom stereocenters. The number of hydrogen-bond donors (Lipinski definition) is 2. The molecule has 0 bridgehead atoms. The van der Waals surface area contributed by atoms with Crippen LogP contribution in [0.25, 0.3) is 0 Å². The average molecular weight is 201 g/mol. The van der Waals surface area contributed by atoms with Crippen molar-refractivity contribution < 1.29 is 5.11 Å². The maximum Gasteiger partial charge on any atom is 0.0754 e. The van der Waals surface area contributed by atoms with Gasteiger partial charge in [0, 0.05) is 32.2 Å². The first-order valence-corrected chi connectivity index (χ1v) is 5.31. The van der Waals surface area contributed by atoms with E-state index in [-0.39, 0.29) is 6.04 Å². The Labute approximate surface area is 86.9 Å². The summed E-state index contributed by atoms with van der Waals surface area (Å²) in [7, 11) is 2.14. The first-order chi connectivity index (χ1) is 6.39. The van der Waals surface area contributed by atoms with Crippen molar-refractivity contribution in [3.63, 3.8) is 0 Å². The quantitative estimate of drug-likeness (QED) is 0.669. The standard InChI is InChI=1S/C10H23N3O/c1-9(10(2,3)14)11-13-7-5-12(4)6-8-13/h9,11,14H,5-8H2,1-4H3. The van der Waals surface area contributed by atoms with Crippen molar-refractivity contribution in [1.29, 1.82) is 0 Å².